The van der Waals surface area contributed by atoms with E-state index in [1.807, 2.05) is 19.1 Å². The Bertz CT molecular complexity index is 538. The summed E-state index contributed by atoms with van der Waals surface area (Å²) in [6, 6.07) is 3.58. The molecule has 2 rings (SSSR count). The first-order valence-electron chi connectivity index (χ1n) is 6.00. The van der Waals surface area contributed by atoms with Gasteiger partial charge in [0.25, 0.3) is 0 Å². The van der Waals surface area contributed by atoms with Crippen LogP contribution in [0.4, 0.5) is 10.6 Å². The predicted molar refractivity (Wildman–Crippen MR) is 70.3 cm³/mol. The van der Waals surface area contributed by atoms with Gasteiger partial charge in [0.1, 0.15) is 0 Å². The molecule has 2 heterocycles. The van der Waals surface area contributed by atoms with Gasteiger partial charge < -0.3 is 4.90 Å². The molecule has 100 valence electrons. The molecule has 0 aromatic carbocycles. The summed E-state index contributed by atoms with van der Waals surface area (Å²) in [4.78, 5) is 17.7. The fourth-order valence-corrected chi connectivity index (χ4v) is 1.63. The number of urea groups is 1. The van der Waals surface area contributed by atoms with E-state index in [1.165, 1.54) is 4.68 Å². The van der Waals surface area contributed by atoms with Crippen LogP contribution >= 0.6 is 0 Å². The molecule has 0 aliphatic heterocycles. The highest BCUT2D eigenvalue weighted by atomic mass is 16.2. The number of nitrogens with one attached hydrogen (secondary N) is 1. The number of nitrogens with zero attached hydrogens (tertiary/aromatic N) is 5. The van der Waals surface area contributed by atoms with E-state index in [4.69, 9.17) is 0 Å². The maximum absolute atomic E-state index is 12.1. The van der Waals surface area contributed by atoms with Gasteiger partial charge in [0.2, 0.25) is 0 Å². The van der Waals surface area contributed by atoms with E-state index in [1.54, 1.807) is 30.5 Å². The van der Waals surface area contributed by atoms with Gasteiger partial charge in [0.15, 0.2) is 5.82 Å². The molecule has 0 radical (unpaired) electrons. The van der Waals surface area contributed by atoms with E-state index < -0.39 is 0 Å². The summed E-state index contributed by atoms with van der Waals surface area (Å²) in [6.07, 6.45) is 5.08. The fraction of sp³-hybridized carbons (Fsp3) is 0.333. The molecule has 2 amide bonds. The molecule has 0 bridgehead atoms. The number of pyridine rings is 1. The van der Waals surface area contributed by atoms with E-state index in [0.717, 1.165) is 5.56 Å². The number of amides is 2. The van der Waals surface area contributed by atoms with Crippen molar-refractivity contribution >= 4 is 11.8 Å². The van der Waals surface area contributed by atoms with Crippen molar-refractivity contribution in [2.75, 3.05) is 11.9 Å². The number of hydrogen-bond acceptors (Lipinski definition) is 4. The normalized spacial score (nSPS) is 10.2. The Morgan fingerprint density at radius 2 is 2.16 bits per heavy atom. The van der Waals surface area contributed by atoms with Crippen LogP contribution in [0.25, 0.3) is 0 Å². The number of anilines is 1. The SMILES string of the molecule is CCN(Cc1ccncc1)C(=O)Nc1cn(C)nn1. The average Bonchev–Trinajstić information content (AvgIpc) is 2.82. The van der Waals surface area contributed by atoms with Crippen LogP contribution in [0.15, 0.2) is 30.7 Å². The zero-order valence-corrected chi connectivity index (χ0v) is 10.9. The highest BCUT2D eigenvalue weighted by Gasteiger charge is 2.13. The number of aryl methyl sites for hydroxylation is 1. The zero-order chi connectivity index (χ0) is 13.7. The van der Waals surface area contributed by atoms with Gasteiger partial charge in [-0.15, -0.1) is 5.10 Å². The lowest BCUT2D eigenvalue weighted by molar-refractivity contribution is 0.212. The van der Waals surface area contributed by atoms with Gasteiger partial charge in [-0.3, -0.25) is 15.0 Å². The first kappa shape index (κ1) is 13.0. The third-order valence-corrected chi connectivity index (χ3v) is 2.63. The molecule has 7 heteroatoms. The Morgan fingerprint density at radius 1 is 1.42 bits per heavy atom. The third kappa shape index (κ3) is 3.51. The Hall–Kier alpha value is -2.44. The van der Waals surface area contributed by atoms with E-state index in [-0.39, 0.29) is 6.03 Å². The van der Waals surface area contributed by atoms with Crippen LogP contribution in [-0.2, 0) is 13.6 Å². The summed E-state index contributed by atoms with van der Waals surface area (Å²) in [5, 5.41) is 10.3. The molecule has 2 aromatic rings. The van der Waals surface area contributed by atoms with Crippen molar-refractivity contribution in [1.82, 2.24) is 24.9 Å². The maximum atomic E-state index is 12.1. The minimum Gasteiger partial charge on any atom is -0.320 e. The lowest BCUT2D eigenvalue weighted by atomic mass is 10.2. The molecule has 1 N–H and O–H groups in total. The van der Waals surface area contributed by atoms with E-state index in [9.17, 15) is 4.79 Å². The molecule has 0 unspecified atom stereocenters. The van der Waals surface area contributed by atoms with Crippen LogP contribution in [0.3, 0.4) is 0 Å². The van der Waals surface area contributed by atoms with Crippen molar-refractivity contribution in [3.63, 3.8) is 0 Å². The van der Waals surface area contributed by atoms with Gasteiger partial charge in [0.05, 0.1) is 6.20 Å². The first-order valence-corrected chi connectivity index (χ1v) is 6.00. The van der Waals surface area contributed by atoms with Gasteiger partial charge in [-0.2, -0.15) is 0 Å². The smallest absolute Gasteiger partial charge is 0.320 e. The summed E-state index contributed by atoms with van der Waals surface area (Å²) in [5.41, 5.74) is 1.03. The van der Waals surface area contributed by atoms with Crippen LogP contribution in [-0.4, -0.2) is 37.5 Å². The second-order valence-corrected chi connectivity index (χ2v) is 4.08. The molecule has 0 spiro atoms. The molecule has 0 aliphatic carbocycles. The topological polar surface area (TPSA) is 75.9 Å². The van der Waals surface area contributed by atoms with E-state index in [2.05, 4.69) is 20.6 Å². The minimum absolute atomic E-state index is 0.195. The Labute approximate surface area is 111 Å². The number of rotatable bonds is 4. The predicted octanol–water partition coefficient (Wildman–Crippen LogP) is 1.26. The van der Waals surface area contributed by atoms with Crippen molar-refractivity contribution in [1.29, 1.82) is 0 Å². The maximum Gasteiger partial charge on any atom is 0.323 e. The Morgan fingerprint density at radius 3 is 2.74 bits per heavy atom. The summed E-state index contributed by atoms with van der Waals surface area (Å²) in [5.74, 6) is 0.445. The molecule has 0 atom stereocenters. The molecular formula is C12H16N6O. The first-order chi connectivity index (χ1) is 9.19. The van der Waals surface area contributed by atoms with Crippen molar-refractivity contribution in [3.8, 4) is 0 Å². The van der Waals surface area contributed by atoms with Crippen LogP contribution in [0.5, 0.6) is 0 Å². The summed E-state index contributed by atoms with van der Waals surface area (Å²) in [6.45, 7) is 3.07. The number of hydrogen-bond donors (Lipinski definition) is 1. The van der Waals surface area contributed by atoms with Crippen LogP contribution in [0.2, 0.25) is 0 Å². The second kappa shape index (κ2) is 5.94. The van der Waals surface area contributed by atoms with Crippen molar-refractivity contribution in [2.24, 2.45) is 7.05 Å². The van der Waals surface area contributed by atoms with Crippen LogP contribution in [0.1, 0.15) is 12.5 Å². The Kier molecular flexibility index (Phi) is 4.07. The van der Waals surface area contributed by atoms with Gasteiger partial charge in [-0.25, -0.2) is 4.79 Å². The molecule has 0 saturated carbocycles. The standard InChI is InChI=1S/C12H16N6O/c1-3-18(8-10-4-6-13-7-5-10)12(19)14-11-9-17(2)16-15-11/h4-7,9H,3,8H2,1-2H3,(H,14,19). The lowest BCUT2D eigenvalue weighted by Crippen LogP contribution is -2.34. The fourth-order valence-electron chi connectivity index (χ4n) is 1.63. The summed E-state index contributed by atoms with van der Waals surface area (Å²) < 4.78 is 1.54. The van der Waals surface area contributed by atoms with E-state index >= 15 is 0 Å². The molecule has 2 aromatic heterocycles. The highest BCUT2D eigenvalue weighted by Crippen LogP contribution is 2.06. The Balaban J connectivity index is 1.99. The molecule has 0 fully saturated rings. The number of carbonyl (C=O) groups excluding carboxylic acids is 1. The average molecular weight is 260 g/mol. The molecule has 0 aliphatic rings. The second-order valence-electron chi connectivity index (χ2n) is 4.08. The molecule has 19 heavy (non-hydrogen) atoms. The van der Waals surface area contributed by atoms with Crippen LogP contribution < -0.4 is 5.32 Å². The highest BCUT2D eigenvalue weighted by molar-refractivity contribution is 5.88. The van der Waals surface area contributed by atoms with Crippen molar-refractivity contribution < 1.29 is 4.79 Å². The summed E-state index contributed by atoms with van der Waals surface area (Å²) >= 11 is 0. The van der Waals surface area contributed by atoms with Gasteiger partial charge >= 0.3 is 6.03 Å². The minimum atomic E-state index is -0.195. The lowest BCUT2D eigenvalue weighted by Gasteiger charge is -2.20. The van der Waals surface area contributed by atoms with E-state index in [0.29, 0.717) is 18.9 Å². The molecular weight excluding hydrogens is 244 g/mol. The van der Waals surface area contributed by atoms with Crippen molar-refractivity contribution in [3.05, 3.63) is 36.3 Å². The largest absolute Gasteiger partial charge is 0.323 e. The third-order valence-electron chi connectivity index (χ3n) is 2.63. The molecule has 7 nitrogen and oxygen atoms in total. The summed E-state index contributed by atoms with van der Waals surface area (Å²) in [7, 11) is 1.75. The van der Waals surface area contributed by atoms with Gasteiger partial charge in [-0.1, -0.05) is 5.21 Å². The van der Waals surface area contributed by atoms with Crippen molar-refractivity contribution in [2.45, 2.75) is 13.5 Å². The zero-order valence-electron chi connectivity index (χ0n) is 10.9. The quantitative estimate of drug-likeness (QED) is 0.898. The number of carbonyl (C=O) groups is 1. The molecule has 0 saturated heterocycles. The van der Waals surface area contributed by atoms with Crippen LogP contribution in [0, 0.1) is 0 Å². The van der Waals surface area contributed by atoms with Gasteiger partial charge in [-0.05, 0) is 24.6 Å². The van der Waals surface area contributed by atoms with Gasteiger partial charge in [0, 0.05) is 32.5 Å². The monoisotopic (exact) mass is 260 g/mol. The number of aromatic nitrogens is 4.